The van der Waals surface area contributed by atoms with Crippen LogP contribution in [0.4, 0.5) is 13.2 Å². The van der Waals surface area contributed by atoms with Crippen LogP contribution in [-0.2, 0) is 0 Å². The van der Waals surface area contributed by atoms with E-state index in [1.54, 1.807) is 54.7 Å². The molecule has 0 saturated heterocycles. The van der Waals surface area contributed by atoms with E-state index in [1.807, 2.05) is 0 Å². The Bertz CT molecular complexity index is 1440. The molecule has 2 aliphatic rings. The first-order valence-corrected chi connectivity index (χ1v) is 9.06. The number of pyridine rings is 1. The fourth-order valence-electron chi connectivity index (χ4n) is 4.16. The summed E-state index contributed by atoms with van der Waals surface area (Å²) in [6.07, 6.45) is 1.57. The fourth-order valence-corrected chi connectivity index (χ4v) is 4.16. The Morgan fingerprint density at radius 1 is 0.839 bits per heavy atom. The van der Waals surface area contributed by atoms with Crippen LogP contribution in [-0.4, -0.2) is 10.8 Å². The summed E-state index contributed by atoms with van der Waals surface area (Å²) in [4.78, 5) is 17.7. The van der Waals surface area contributed by atoms with E-state index in [1.165, 1.54) is 0 Å². The van der Waals surface area contributed by atoms with Gasteiger partial charge < -0.3 is 0 Å². The lowest BCUT2D eigenvalue weighted by Gasteiger charge is -2.09. The Balaban J connectivity index is 2.00. The molecule has 7 heteroatoms. The molecule has 0 saturated carbocycles. The summed E-state index contributed by atoms with van der Waals surface area (Å²) in [6.45, 7) is 0. The molecule has 0 bridgehead atoms. The van der Waals surface area contributed by atoms with Crippen LogP contribution >= 0.6 is 0 Å². The molecule has 2 aromatic carbocycles. The molecule has 5 rings (SSSR count). The van der Waals surface area contributed by atoms with Crippen molar-refractivity contribution in [3.8, 4) is 23.4 Å². The second-order valence-corrected chi connectivity index (χ2v) is 6.91. The van der Waals surface area contributed by atoms with Crippen molar-refractivity contribution in [3.63, 3.8) is 0 Å². The van der Waals surface area contributed by atoms with Crippen LogP contribution in [0.15, 0.2) is 59.8 Å². The average molecular weight is 411 g/mol. The number of nitriles is 2. The summed E-state index contributed by atoms with van der Waals surface area (Å²) >= 11 is 0. The van der Waals surface area contributed by atoms with E-state index < -0.39 is 39.9 Å². The third kappa shape index (κ3) is 2.35. The first kappa shape index (κ1) is 18.5. The third-order valence-corrected chi connectivity index (χ3v) is 5.39. The molecule has 0 N–H and O–H groups in total. The number of hydrogen-bond donors (Lipinski definition) is 0. The quantitative estimate of drug-likeness (QED) is 0.232. The van der Waals surface area contributed by atoms with Gasteiger partial charge in [0.25, 0.3) is 0 Å². The minimum atomic E-state index is -1.78. The second-order valence-electron chi connectivity index (χ2n) is 6.91. The van der Waals surface area contributed by atoms with Crippen LogP contribution < -0.4 is 0 Å². The zero-order valence-corrected chi connectivity index (χ0v) is 15.5. The Morgan fingerprint density at radius 2 is 1.52 bits per heavy atom. The molecule has 2 aliphatic carbocycles. The molecule has 3 aromatic rings. The maximum absolute atomic E-state index is 14.8. The summed E-state index contributed by atoms with van der Waals surface area (Å²) in [6, 6.07) is 14.3. The number of nitrogens with zero attached hydrogens (tertiary/aromatic N) is 3. The number of hydrogen-bond acceptors (Lipinski definition) is 4. The zero-order chi connectivity index (χ0) is 21.9. The minimum absolute atomic E-state index is 0.156. The number of carbonyl (C=O) groups is 1. The molecule has 4 nitrogen and oxygen atoms in total. The van der Waals surface area contributed by atoms with E-state index in [-0.39, 0.29) is 11.1 Å². The molecule has 1 heterocycles. The van der Waals surface area contributed by atoms with Gasteiger partial charge in [-0.25, -0.2) is 13.2 Å². The van der Waals surface area contributed by atoms with Crippen molar-refractivity contribution in [3.05, 3.63) is 99.5 Å². The highest BCUT2D eigenvalue weighted by Gasteiger charge is 2.41. The Labute approximate surface area is 173 Å². The van der Waals surface area contributed by atoms with Crippen molar-refractivity contribution in [2.24, 2.45) is 0 Å². The molecular formula is C24H8F3N3O. The summed E-state index contributed by atoms with van der Waals surface area (Å²) in [5, 5.41) is 19.0. The first-order chi connectivity index (χ1) is 15.0. The van der Waals surface area contributed by atoms with Crippen LogP contribution in [0.2, 0.25) is 0 Å². The van der Waals surface area contributed by atoms with Crippen molar-refractivity contribution in [2.45, 2.75) is 0 Å². The van der Waals surface area contributed by atoms with Crippen LogP contribution in [0, 0.1) is 40.1 Å². The highest BCUT2D eigenvalue weighted by molar-refractivity contribution is 6.33. The van der Waals surface area contributed by atoms with Crippen molar-refractivity contribution in [2.75, 3.05) is 0 Å². The number of halogens is 3. The topological polar surface area (TPSA) is 77.5 Å². The molecule has 0 radical (unpaired) electrons. The summed E-state index contributed by atoms with van der Waals surface area (Å²) in [7, 11) is 0. The number of Topliss-reactive ketones (excluding diaryl/α,β-unsaturated/α-hetero) is 1. The van der Waals surface area contributed by atoms with Gasteiger partial charge in [0.2, 0.25) is 0 Å². The van der Waals surface area contributed by atoms with Gasteiger partial charge in [0, 0.05) is 45.2 Å². The SMILES string of the molecule is N#CC(C#N)=C1/C(=C2\c3ccccc3-c3ncccc32)C(=O)c2cc(F)c(F)c(F)c21. The number of rotatable bonds is 0. The van der Waals surface area contributed by atoms with Gasteiger partial charge >= 0.3 is 0 Å². The van der Waals surface area contributed by atoms with Crippen LogP contribution in [0.25, 0.3) is 22.4 Å². The number of fused-ring (bicyclic) bond motifs is 4. The molecule has 0 unspecified atom stereocenters. The number of allylic oxidation sites excluding steroid dienone is 3. The summed E-state index contributed by atoms with van der Waals surface area (Å²) in [5.74, 6) is -5.72. The van der Waals surface area contributed by atoms with Crippen LogP contribution in [0.1, 0.15) is 27.0 Å². The van der Waals surface area contributed by atoms with Gasteiger partial charge in [0.15, 0.2) is 23.2 Å². The monoisotopic (exact) mass is 411 g/mol. The van der Waals surface area contributed by atoms with Gasteiger partial charge in [-0.2, -0.15) is 10.5 Å². The predicted octanol–water partition coefficient (Wildman–Crippen LogP) is 4.98. The molecule has 0 aliphatic heterocycles. The summed E-state index contributed by atoms with van der Waals surface area (Å²) < 4.78 is 42.8. The van der Waals surface area contributed by atoms with Gasteiger partial charge in [0.05, 0.1) is 5.69 Å². The fraction of sp³-hybridized carbons (Fsp3) is 0. The van der Waals surface area contributed by atoms with E-state index in [0.29, 0.717) is 34.0 Å². The Kier molecular flexibility index (Phi) is 3.89. The number of ketones is 1. The van der Waals surface area contributed by atoms with Gasteiger partial charge in [-0.15, -0.1) is 0 Å². The van der Waals surface area contributed by atoms with Gasteiger partial charge in [-0.05, 0) is 17.7 Å². The largest absolute Gasteiger partial charge is 0.289 e. The van der Waals surface area contributed by atoms with Crippen molar-refractivity contribution in [1.29, 1.82) is 10.5 Å². The molecule has 31 heavy (non-hydrogen) atoms. The Morgan fingerprint density at radius 3 is 2.23 bits per heavy atom. The Hall–Kier alpha value is -4.49. The minimum Gasteiger partial charge on any atom is -0.289 e. The van der Waals surface area contributed by atoms with Crippen LogP contribution in [0.3, 0.4) is 0 Å². The number of carbonyl (C=O) groups excluding carboxylic acids is 1. The lowest BCUT2D eigenvalue weighted by atomic mass is 9.91. The number of benzene rings is 2. The lowest BCUT2D eigenvalue weighted by molar-refractivity contribution is 0.104. The molecular weight excluding hydrogens is 403 g/mol. The molecule has 146 valence electrons. The van der Waals surface area contributed by atoms with Crippen molar-refractivity contribution >= 4 is 16.9 Å². The normalized spacial score (nSPS) is 15.8. The van der Waals surface area contributed by atoms with E-state index in [4.69, 9.17) is 0 Å². The smallest absolute Gasteiger partial charge is 0.195 e. The van der Waals surface area contributed by atoms with Gasteiger partial charge in [-0.3, -0.25) is 9.78 Å². The van der Waals surface area contributed by atoms with Gasteiger partial charge in [0.1, 0.15) is 17.7 Å². The van der Waals surface area contributed by atoms with Gasteiger partial charge in [-0.1, -0.05) is 30.3 Å². The highest BCUT2D eigenvalue weighted by atomic mass is 19.2. The highest BCUT2D eigenvalue weighted by Crippen LogP contribution is 2.51. The van der Waals surface area contributed by atoms with Crippen molar-refractivity contribution in [1.82, 2.24) is 4.98 Å². The zero-order valence-electron chi connectivity index (χ0n) is 15.5. The second kappa shape index (κ2) is 6.51. The third-order valence-electron chi connectivity index (χ3n) is 5.39. The summed E-state index contributed by atoms with van der Waals surface area (Å²) in [5.41, 5.74) is 0.627. The number of aromatic nitrogens is 1. The molecule has 0 atom stereocenters. The van der Waals surface area contributed by atoms with E-state index in [2.05, 4.69) is 4.98 Å². The van der Waals surface area contributed by atoms with Crippen molar-refractivity contribution < 1.29 is 18.0 Å². The predicted molar refractivity (Wildman–Crippen MR) is 104 cm³/mol. The molecule has 0 spiro atoms. The maximum Gasteiger partial charge on any atom is 0.195 e. The molecule has 0 fully saturated rings. The van der Waals surface area contributed by atoms with E-state index in [0.717, 1.165) is 0 Å². The molecule has 1 aromatic heterocycles. The maximum atomic E-state index is 14.8. The molecule has 0 amide bonds. The van der Waals surface area contributed by atoms with Crippen LogP contribution in [0.5, 0.6) is 0 Å². The van der Waals surface area contributed by atoms with E-state index in [9.17, 15) is 28.5 Å². The first-order valence-electron chi connectivity index (χ1n) is 9.06. The van der Waals surface area contributed by atoms with E-state index >= 15 is 0 Å². The lowest BCUT2D eigenvalue weighted by Crippen LogP contribution is -2.01. The average Bonchev–Trinajstić information content (AvgIpc) is 3.26. The standard InChI is InChI=1S/C24H8F3N3O/c25-16-8-15-19(22(27)21(16)26)17(11(9-28)10-29)20(24(15)31)18-12-4-1-2-5-13(12)23-14(18)6-3-7-30-23/h1-8H/b20-18-.